The van der Waals surface area contributed by atoms with Crippen molar-refractivity contribution < 1.29 is 9.13 Å². The van der Waals surface area contributed by atoms with Gasteiger partial charge in [0.2, 0.25) is 0 Å². The lowest BCUT2D eigenvalue weighted by Gasteiger charge is -2.37. The molecule has 0 aliphatic carbocycles. The number of thioether (sulfide) groups is 1. The minimum Gasteiger partial charge on any atom is -0.494 e. The van der Waals surface area contributed by atoms with Crippen LogP contribution in [0.4, 0.5) is 4.39 Å². The van der Waals surface area contributed by atoms with Gasteiger partial charge in [-0.2, -0.15) is 11.8 Å². The first-order valence-electron chi connectivity index (χ1n) is 6.25. The first kappa shape index (κ1) is 14.6. The fraction of sp³-hybridized carbons (Fsp3) is 0.538. The standard InChI is InChI=1S/C13H20FN3OS/c1-17-6-7-19-8-10(17)13(16-15)9-4-3-5-11(18-2)12(9)14/h3-5,10,13,16H,6-8,15H2,1-2H3. The number of hydrogen-bond donors (Lipinski definition) is 2. The molecule has 1 saturated heterocycles. The summed E-state index contributed by atoms with van der Waals surface area (Å²) >= 11 is 1.87. The first-order chi connectivity index (χ1) is 9.19. The molecule has 0 aromatic heterocycles. The molecule has 0 bridgehead atoms. The maximum Gasteiger partial charge on any atom is 0.169 e. The van der Waals surface area contributed by atoms with Crippen LogP contribution >= 0.6 is 11.8 Å². The monoisotopic (exact) mass is 285 g/mol. The van der Waals surface area contributed by atoms with Crippen LogP contribution in [-0.4, -0.2) is 43.1 Å². The minimum absolute atomic E-state index is 0.172. The van der Waals surface area contributed by atoms with Crippen LogP contribution in [0.2, 0.25) is 0 Å². The molecule has 0 spiro atoms. The number of nitrogens with zero attached hydrogens (tertiary/aromatic N) is 1. The van der Waals surface area contributed by atoms with Gasteiger partial charge in [0.1, 0.15) is 0 Å². The van der Waals surface area contributed by atoms with Crippen molar-refractivity contribution in [3.05, 3.63) is 29.6 Å². The molecule has 1 aliphatic rings. The molecule has 4 nitrogen and oxygen atoms in total. The molecule has 1 fully saturated rings. The quantitative estimate of drug-likeness (QED) is 0.647. The fourth-order valence-electron chi connectivity index (χ4n) is 2.39. The number of methoxy groups -OCH3 is 1. The lowest BCUT2D eigenvalue weighted by atomic mass is 9.99. The van der Waals surface area contributed by atoms with E-state index in [9.17, 15) is 4.39 Å². The molecule has 3 N–H and O–H groups in total. The van der Waals surface area contributed by atoms with Crippen molar-refractivity contribution in [2.75, 3.05) is 32.2 Å². The molecule has 0 radical (unpaired) electrons. The van der Waals surface area contributed by atoms with Crippen LogP contribution in [0, 0.1) is 5.82 Å². The fourth-order valence-corrected chi connectivity index (χ4v) is 3.66. The van der Waals surface area contributed by atoms with Crippen LogP contribution in [0.15, 0.2) is 18.2 Å². The summed E-state index contributed by atoms with van der Waals surface area (Å²) in [5.41, 5.74) is 3.32. The van der Waals surface area contributed by atoms with Gasteiger partial charge in [0.15, 0.2) is 11.6 Å². The summed E-state index contributed by atoms with van der Waals surface area (Å²) in [6.45, 7) is 0.985. The van der Waals surface area contributed by atoms with E-state index in [1.807, 2.05) is 18.8 Å². The van der Waals surface area contributed by atoms with Crippen LogP contribution in [0.3, 0.4) is 0 Å². The zero-order valence-corrected chi connectivity index (χ0v) is 12.0. The van der Waals surface area contributed by atoms with Crippen LogP contribution in [0.1, 0.15) is 11.6 Å². The molecule has 1 aliphatic heterocycles. The predicted molar refractivity (Wildman–Crippen MR) is 76.8 cm³/mol. The summed E-state index contributed by atoms with van der Waals surface area (Å²) in [4.78, 5) is 2.22. The summed E-state index contributed by atoms with van der Waals surface area (Å²) < 4.78 is 19.4. The Morgan fingerprint density at radius 1 is 1.58 bits per heavy atom. The highest BCUT2D eigenvalue weighted by Crippen LogP contribution is 2.31. The zero-order chi connectivity index (χ0) is 13.8. The van der Waals surface area contributed by atoms with E-state index in [2.05, 4.69) is 10.3 Å². The van der Waals surface area contributed by atoms with Crippen molar-refractivity contribution in [3.8, 4) is 5.75 Å². The second kappa shape index (κ2) is 6.56. The van der Waals surface area contributed by atoms with E-state index in [1.165, 1.54) is 7.11 Å². The zero-order valence-electron chi connectivity index (χ0n) is 11.2. The SMILES string of the molecule is COc1cccc(C(NN)C2CSCCN2C)c1F. The van der Waals surface area contributed by atoms with Crippen LogP contribution in [0.25, 0.3) is 0 Å². The molecule has 1 aromatic rings. The van der Waals surface area contributed by atoms with E-state index in [-0.39, 0.29) is 23.7 Å². The van der Waals surface area contributed by atoms with Gasteiger partial charge in [-0.3, -0.25) is 16.2 Å². The van der Waals surface area contributed by atoms with E-state index in [4.69, 9.17) is 10.6 Å². The molecule has 1 heterocycles. The number of halogens is 1. The minimum atomic E-state index is -0.336. The Kier molecular flexibility index (Phi) is 5.04. The third-order valence-electron chi connectivity index (χ3n) is 3.56. The number of nitrogens with one attached hydrogen (secondary N) is 1. The summed E-state index contributed by atoms with van der Waals surface area (Å²) in [5.74, 6) is 7.62. The lowest BCUT2D eigenvalue weighted by Crippen LogP contribution is -2.49. The highest BCUT2D eigenvalue weighted by molar-refractivity contribution is 7.99. The van der Waals surface area contributed by atoms with Crippen LogP contribution in [-0.2, 0) is 0 Å². The molecule has 2 rings (SSSR count). The van der Waals surface area contributed by atoms with Crippen molar-refractivity contribution in [2.45, 2.75) is 12.1 Å². The third-order valence-corrected chi connectivity index (χ3v) is 4.60. The third kappa shape index (κ3) is 3.02. The molecule has 19 heavy (non-hydrogen) atoms. The largest absolute Gasteiger partial charge is 0.494 e. The number of nitrogens with two attached hydrogens (primary N) is 1. The maximum absolute atomic E-state index is 14.3. The van der Waals surface area contributed by atoms with Gasteiger partial charge in [-0.05, 0) is 13.1 Å². The van der Waals surface area contributed by atoms with E-state index in [0.29, 0.717) is 5.56 Å². The Bertz CT molecular complexity index is 432. The topological polar surface area (TPSA) is 50.5 Å². The van der Waals surface area contributed by atoms with Crippen molar-refractivity contribution in [2.24, 2.45) is 5.84 Å². The number of likely N-dealkylation sites (N-methyl/N-ethyl adjacent to an activating group) is 1. The molecular formula is C13H20FN3OS. The predicted octanol–water partition coefficient (Wildman–Crippen LogP) is 1.39. The Hall–Kier alpha value is -0.820. The van der Waals surface area contributed by atoms with Crippen LogP contribution in [0.5, 0.6) is 5.75 Å². The van der Waals surface area contributed by atoms with Crippen molar-refractivity contribution in [1.82, 2.24) is 10.3 Å². The number of hydrazine groups is 1. The molecule has 6 heteroatoms. The smallest absolute Gasteiger partial charge is 0.169 e. The molecule has 0 amide bonds. The highest BCUT2D eigenvalue weighted by atomic mass is 32.2. The van der Waals surface area contributed by atoms with Gasteiger partial charge < -0.3 is 4.74 Å². The van der Waals surface area contributed by atoms with Crippen LogP contribution < -0.4 is 16.0 Å². The normalized spacial score (nSPS) is 22.2. The van der Waals surface area contributed by atoms with E-state index in [0.717, 1.165) is 18.1 Å². The first-order valence-corrected chi connectivity index (χ1v) is 7.41. The van der Waals surface area contributed by atoms with Crippen molar-refractivity contribution in [1.29, 1.82) is 0 Å². The number of rotatable bonds is 4. The second-order valence-electron chi connectivity index (χ2n) is 4.63. The average molecular weight is 285 g/mol. The Balaban J connectivity index is 2.31. The van der Waals surface area contributed by atoms with E-state index in [1.54, 1.807) is 18.2 Å². The molecule has 2 atom stereocenters. The Morgan fingerprint density at radius 2 is 2.37 bits per heavy atom. The Labute approximate surface area is 117 Å². The molecular weight excluding hydrogens is 265 g/mol. The maximum atomic E-state index is 14.3. The summed E-state index contributed by atoms with van der Waals surface area (Å²) in [5, 5.41) is 0. The molecule has 106 valence electrons. The van der Waals surface area contributed by atoms with Crippen molar-refractivity contribution >= 4 is 11.8 Å². The summed E-state index contributed by atoms with van der Waals surface area (Å²) in [7, 11) is 3.52. The van der Waals surface area contributed by atoms with Gasteiger partial charge in [0, 0.05) is 29.7 Å². The van der Waals surface area contributed by atoms with Gasteiger partial charge in [0.05, 0.1) is 13.2 Å². The second-order valence-corrected chi connectivity index (χ2v) is 5.78. The number of benzene rings is 1. The molecule has 2 unspecified atom stereocenters. The van der Waals surface area contributed by atoms with Gasteiger partial charge in [0.25, 0.3) is 0 Å². The molecule has 0 saturated carbocycles. The summed E-state index contributed by atoms with van der Waals surface area (Å²) in [6.07, 6.45) is 0. The van der Waals surface area contributed by atoms with Gasteiger partial charge in [-0.15, -0.1) is 0 Å². The highest BCUT2D eigenvalue weighted by Gasteiger charge is 2.30. The van der Waals surface area contributed by atoms with Gasteiger partial charge in [-0.1, -0.05) is 12.1 Å². The Morgan fingerprint density at radius 3 is 3.00 bits per heavy atom. The van der Waals surface area contributed by atoms with E-state index < -0.39 is 0 Å². The van der Waals surface area contributed by atoms with E-state index >= 15 is 0 Å². The van der Waals surface area contributed by atoms with Crippen molar-refractivity contribution in [3.63, 3.8) is 0 Å². The molecule has 1 aromatic carbocycles. The number of ether oxygens (including phenoxy) is 1. The number of hydrogen-bond acceptors (Lipinski definition) is 5. The summed E-state index contributed by atoms with van der Waals surface area (Å²) in [6, 6.07) is 5.09. The van der Waals surface area contributed by atoms with Gasteiger partial charge in [-0.25, -0.2) is 4.39 Å². The van der Waals surface area contributed by atoms with Gasteiger partial charge >= 0.3 is 0 Å². The average Bonchev–Trinajstić information content (AvgIpc) is 2.43. The lowest BCUT2D eigenvalue weighted by molar-refractivity contribution is 0.213.